The van der Waals surface area contributed by atoms with Gasteiger partial charge in [-0.15, -0.1) is 12.8 Å². The number of fused-ring (bicyclic) bond motifs is 1. The van der Waals surface area contributed by atoms with Crippen molar-refractivity contribution in [1.82, 2.24) is 4.57 Å². The molecule has 0 amide bonds. The lowest BCUT2D eigenvalue weighted by atomic mass is 9.74. The quantitative estimate of drug-likeness (QED) is 0.106. The molecular formula is C51H58N2. The summed E-state index contributed by atoms with van der Waals surface area (Å²) in [5.74, 6) is 0.876. The smallest absolute Gasteiger partial charge is 0.0494 e. The Morgan fingerprint density at radius 1 is 0.925 bits per heavy atom. The van der Waals surface area contributed by atoms with Gasteiger partial charge in [-0.05, 0) is 136 Å². The Hall–Kier alpha value is -5.52. The minimum atomic E-state index is 0.188. The van der Waals surface area contributed by atoms with Gasteiger partial charge in [0.15, 0.2) is 0 Å². The second-order valence-corrected chi connectivity index (χ2v) is 15.0. The van der Waals surface area contributed by atoms with Gasteiger partial charge in [0.2, 0.25) is 0 Å². The zero-order chi connectivity index (χ0) is 38.9. The van der Waals surface area contributed by atoms with Crippen LogP contribution in [-0.2, 0) is 12.8 Å². The Bertz CT molecular complexity index is 2080. The molecule has 1 heterocycles. The maximum atomic E-state index is 4.20. The van der Waals surface area contributed by atoms with Gasteiger partial charge in [0, 0.05) is 35.5 Å². The zero-order valence-corrected chi connectivity index (χ0v) is 33.3. The van der Waals surface area contributed by atoms with Crippen LogP contribution in [0.15, 0.2) is 135 Å². The summed E-state index contributed by atoms with van der Waals surface area (Å²) in [6, 6.07) is 24.5. The molecule has 0 saturated heterocycles. The van der Waals surface area contributed by atoms with E-state index in [2.05, 4.69) is 195 Å². The average molecular weight is 699 g/mol. The Kier molecular flexibility index (Phi) is 13.5. The minimum absolute atomic E-state index is 0.188. The van der Waals surface area contributed by atoms with Crippen LogP contribution in [0.2, 0.25) is 0 Å². The van der Waals surface area contributed by atoms with Gasteiger partial charge in [0.05, 0.1) is 0 Å². The van der Waals surface area contributed by atoms with Gasteiger partial charge in [0.25, 0.3) is 0 Å². The summed E-state index contributed by atoms with van der Waals surface area (Å²) in [5.41, 5.74) is 15.7. The molecule has 0 N–H and O–H groups in total. The van der Waals surface area contributed by atoms with Gasteiger partial charge in [0.1, 0.15) is 0 Å². The summed E-state index contributed by atoms with van der Waals surface area (Å²) < 4.78 is 2.49. The summed E-state index contributed by atoms with van der Waals surface area (Å²) in [5, 5.41) is 0. The first-order valence-corrected chi connectivity index (χ1v) is 18.7. The molecule has 0 bridgehead atoms. The van der Waals surface area contributed by atoms with E-state index in [9.17, 15) is 0 Å². The van der Waals surface area contributed by atoms with Crippen LogP contribution in [0.4, 0.5) is 5.69 Å². The van der Waals surface area contributed by atoms with E-state index >= 15 is 0 Å². The Morgan fingerprint density at radius 3 is 2.15 bits per heavy atom. The lowest BCUT2D eigenvalue weighted by Crippen LogP contribution is -2.23. The van der Waals surface area contributed by atoms with Gasteiger partial charge in [-0.25, -0.2) is 0 Å². The van der Waals surface area contributed by atoms with Crippen LogP contribution in [0.5, 0.6) is 0 Å². The van der Waals surface area contributed by atoms with Crippen molar-refractivity contribution in [3.63, 3.8) is 0 Å². The third-order valence-corrected chi connectivity index (χ3v) is 10.0. The van der Waals surface area contributed by atoms with Gasteiger partial charge >= 0.3 is 0 Å². The van der Waals surface area contributed by atoms with Crippen LogP contribution in [0.3, 0.4) is 0 Å². The molecule has 5 rings (SSSR count). The number of hydrogen-bond donors (Lipinski definition) is 0. The van der Waals surface area contributed by atoms with E-state index in [0.717, 1.165) is 57.7 Å². The Labute approximate surface area is 321 Å². The highest BCUT2D eigenvalue weighted by molar-refractivity contribution is 5.85. The normalized spacial score (nSPS) is 14.4. The first-order chi connectivity index (χ1) is 25.4. The molecule has 53 heavy (non-hydrogen) atoms. The van der Waals surface area contributed by atoms with Crippen LogP contribution in [0.1, 0.15) is 76.5 Å². The van der Waals surface area contributed by atoms with Crippen molar-refractivity contribution in [2.45, 2.75) is 61.3 Å². The van der Waals surface area contributed by atoms with Crippen molar-refractivity contribution in [3.8, 4) is 40.8 Å². The fourth-order valence-corrected chi connectivity index (χ4v) is 7.27. The molecule has 1 aliphatic rings. The van der Waals surface area contributed by atoms with Gasteiger partial charge < -0.3 is 9.47 Å². The van der Waals surface area contributed by atoms with Crippen LogP contribution in [0, 0.1) is 30.1 Å². The molecule has 2 heteroatoms. The largest absolute Gasteiger partial charge is 0.345 e. The SMILES string of the molecule is C#C.C=C/C=C(\C=C)c1cc(-c2cc(-c3ccccc3)cc(N(C)/C(C=C)=C\C(C)C)c2)cc(-n2c3c(c(CC)c2/C=C\C)CC(C(C)(C)C)C=C3)c1. The van der Waals surface area contributed by atoms with Crippen molar-refractivity contribution in [3.05, 3.63) is 163 Å². The standard InChI is InChI=1S/C49H56N2.C2H2/c1-12-20-35(14-3)37-27-40(39-28-38(36-22-18-17-19-23-36)29-43(30-39)50(11)42(15-4)26-34(6)7)32-44(31-37)51-47(21-13-2)45(16-5)46-33-41(49(8,9)10)24-25-48(46)51;1-2/h12-15,17-32,34,41H,1,3-4,16,33H2,2,5-11H3;1-2H/b21-13-,35-20+,42-26-;. The number of rotatable bonds is 12. The highest BCUT2D eigenvalue weighted by atomic mass is 15.1. The van der Waals surface area contributed by atoms with Gasteiger partial charge in [-0.3, -0.25) is 0 Å². The number of nitrogens with zero attached hydrogens (tertiary/aromatic N) is 2. The third kappa shape index (κ3) is 8.93. The van der Waals surface area contributed by atoms with Crippen LogP contribution in [0.25, 0.3) is 45.7 Å². The molecule has 0 fully saturated rings. The molecule has 1 atom stereocenters. The predicted molar refractivity (Wildman–Crippen MR) is 236 cm³/mol. The van der Waals surface area contributed by atoms with Crippen molar-refractivity contribution in [1.29, 1.82) is 0 Å². The monoisotopic (exact) mass is 698 g/mol. The number of likely N-dealkylation sites (N-methyl/N-ethyl adjacent to an activating group) is 1. The van der Waals surface area contributed by atoms with Crippen molar-refractivity contribution < 1.29 is 0 Å². The summed E-state index contributed by atoms with van der Waals surface area (Å²) in [4.78, 5) is 2.25. The highest BCUT2D eigenvalue weighted by Gasteiger charge is 2.30. The predicted octanol–water partition coefficient (Wildman–Crippen LogP) is 13.8. The number of benzene rings is 3. The molecule has 2 nitrogen and oxygen atoms in total. The molecule has 1 unspecified atom stereocenters. The fraction of sp³-hybridized carbons (Fsp3) is 0.255. The molecule has 1 aromatic heterocycles. The number of terminal acetylenes is 1. The van der Waals surface area contributed by atoms with Gasteiger partial charge in [-0.1, -0.05) is 128 Å². The molecule has 3 aromatic carbocycles. The van der Waals surface area contributed by atoms with Gasteiger partial charge in [-0.2, -0.15) is 0 Å². The number of aromatic nitrogens is 1. The highest BCUT2D eigenvalue weighted by Crippen LogP contribution is 2.42. The van der Waals surface area contributed by atoms with Crippen molar-refractivity contribution >= 4 is 23.4 Å². The number of allylic oxidation sites excluding steroid dienone is 8. The number of anilines is 1. The fourth-order valence-electron chi connectivity index (χ4n) is 7.27. The molecule has 0 aliphatic heterocycles. The van der Waals surface area contributed by atoms with E-state index in [1.165, 1.54) is 28.1 Å². The summed E-state index contributed by atoms with van der Waals surface area (Å²) in [6.45, 7) is 28.3. The number of hydrogen-bond acceptors (Lipinski definition) is 1. The Morgan fingerprint density at radius 2 is 1.58 bits per heavy atom. The topological polar surface area (TPSA) is 8.17 Å². The summed E-state index contributed by atoms with van der Waals surface area (Å²) in [7, 11) is 2.13. The average Bonchev–Trinajstić information content (AvgIpc) is 3.48. The van der Waals surface area contributed by atoms with E-state index in [4.69, 9.17) is 0 Å². The van der Waals surface area contributed by atoms with Crippen molar-refractivity contribution in [2.24, 2.45) is 17.3 Å². The van der Waals surface area contributed by atoms with Crippen LogP contribution >= 0.6 is 0 Å². The maximum absolute atomic E-state index is 4.20. The maximum Gasteiger partial charge on any atom is 0.0494 e. The summed E-state index contributed by atoms with van der Waals surface area (Å²) in [6.07, 6.45) is 29.3. The van der Waals surface area contributed by atoms with E-state index in [1.807, 2.05) is 24.3 Å². The first-order valence-electron chi connectivity index (χ1n) is 18.7. The van der Waals surface area contributed by atoms with E-state index in [-0.39, 0.29) is 5.41 Å². The second-order valence-electron chi connectivity index (χ2n) is 15.0. The first kappa shape index (κ1) is 40.3. The zero-order valence-electron chi connectivity index (χ0n) is 33.3. The lowest BCUT2D eigenvalue weighted by molar-refractivity contribution is 0.290. The Balaban J connectivity index is 0.00000308. The van der Waals surface area contributed by atoms with Crippen molar-refractivity contribution in [2.75, 3.05) is 11.9 Å². The molecule has 272 valence electrons. The second kappa shape index (κ2) is 17.8. The lowest BCUT2D eigenvalue weighted by Gasteiger charge is -2.31. The molecule has 0 radical (unpaired) electrons. The summed E-state index contributed by atoms with van der Waals surface area (Å²) >= 11 is 0. The molecule has 4 aromatic rings. The van der Waals surface area contributed by atoms with Crippen LogP contribution in [-0.4, -0.2) is 11.6 Å². The minimum Gasteiger partial charge on any atom is -0.345 e. The molecular weight excluding hydrogens is 641 g/mol. The molecule has 0 saturated carbocycles. The third-order valence-electron chi connectivity index (χ3n) is 10.0. The van der Waals surface area contributed by atoms with Crippen LogP contribution < -0.4 is 4.90 Å². The molecule has 1 aliphatic carbocycles. The van der Waals surface area contributed by atoms with E-state index < -0.39 is 0 Å². The van der Waals surface area contributed by atoms with E-state index in [0.29, 0.717) is 11.8 Å². The van der Waals surface area contributed by atoms with E-state index in [1.54, 1.807) is 0 Å². The molecule has 0 spiro atoms.